The highest BCUT2D eigenvalue weighted by Crippen LogP contribution is 2.03. The molecule has 0 aliphatic carbocycles. The van der Waals surface area contributed by atoms with E-state index in [1.807, 2.05) is 0 Å². The van der Waals surface area contributed by atoms with Gasteiger partial charge in [0.05, 0.1) is 0 Å². The summed E-state index contributed by atoms with van der Waals surface area (Å²) in [5.41, 5.74) is 0.690. The zero-order chi connectivity index (χ0) is 16.4. The highest BCUT2D eigenvalue weighted by molar-refractivity contribution is 5.98. The van der Waals surface area contributed by atoms with Gasteiger partial charge in [-0.1, -0.05) is 13.8 Å². The molecule has 1 heterocycles. The van der Waals surface area contributed by atoms with E-state index in [4.69, 9.17) is 4.74 Å². The first kappa shape index (κ1) is 18.1. The lowest BCUT2D eigenvalue weighted by atomic mass is 10.1. The van der Waals surface area contributed by atoms with Crippen LogP contribution in [0.5, 0.6) is 0 Å². The molecule has 0 bridgehead atoms. The molecule has 1 aromatic heterocycles. The van der Waals surface area contributed by atoms with Crippen LogP contribution in [0.3, 0.4) is 0 Å². The highest BCUT2D eigenvalue weighted by atomic mass is 16.5. The maximum atomic E-state index is 12.0. The molecule has 2 amide bonds. The fourth-order valence-corrected chi connectivity index (χ4v) is 1.78. The van der Waals surface area contributed by atoms with Crippen LogP contribution in [-0.4, -0.2) is 43.6 Å². The van der Waals surface area contributed by atoms with Gasteiger partial charge in [-0.2, -0.15) is 0 Å². The zero-order valence-corrected chi connectivity index (χ0v) is 13.5. The van der Waals surface area contributed by atoms with Crippen molar-refractivity contribution in [1.82, 2.24) is 15.6 Å². The topological polar surface area (TPSA) is 80.3 Å². The van der Waals surface area contributed by atoms with Gasteiger partial charge in [0.25, 0.3) is 11.8 Å². The molecule has 0 spiro atoms. The molecule has 122 valence electrons. The molecule has 0 aliphatic heterocycles. The van der Waals surface area contributed by atoms with Crippen LogP contribution in [0, 0.1) is 5.92 Å². The molecule has 0 fully saturated rings. The van der Waals surface area contributed by atoms with Crippen LogP contribution in [-0.2, 0) is 4.74 Å². The number of nitrogens with zero attached hydrogens (tertiary/aromatic N) is 1. The van der Waals surface area contributed by atoms with E-state index in [0.717, 1.165) is 12.8 Å². The van der Waals surface area contributed by atoms with Crippen molar-refractivity contribution in [3.63, 3.8) is 0 Å². The maximum absolute atomic E-state index is 12.0. The van der Waals surface area contributed by atoms with Gasteiger partial charge in [-0.05, 0) is 30.9 Å². The van der Waals surface area contributed by atoms with E-state index in [2.05, 4.69) is 29.5 Å². The molecular weight excluding hydrogens is 282 g/mol. The lowest BCUT2D eigenvalue weighted by Gasteiger charge is -2.08. The standard InChI is InChI=1S/C16H25N3O3/c1-12(2)5-8-19-16(21)14-11-13(6-9-17-14)15(20)18-7-4-10-22-3/h6,9,11-12H,4-5,7-8,10H2,1-3H3,(H,18,20)(H,19,21). The van der Waals surface area contributed by atoms with Crippen molar-refractivity contribution >= 4 is 11.8 Å². The SMILES string of the molecule is COCCCNC(=O)c1ccnc(C(=O)NCCC(C)C)c1. The van der Waals surface area contributed by atoms with Gasteiger partial charge in [0, 0.05) is 38.6 Å². The first-order valence-electron chi connectivity index (χ1n) is 7.56. The van der Waals surface area contributed by atoms with Crippen LogP contribution in [0.2, 0.25) is 0 Å². The van der Waals surface area contributed by atoms with Crippen LogP contribution in [0.15, 0.2) is 18.3 Å². The lowest BCUT2D eigenvalue weighted by molar-refractivity contribution is 0.0947. The normalized spacial score (nSPS) is 10.5. The minimum absolute atomic E-state index is 0.213. The quantitative estimate of drug-likeness (QED) is 0.679. The van der Waals surface area contributed by atoms with Gasteiger partial charge in [0.1, 0.15) is 5.69 Å². The average molecular weight is 307 g/mol. The van der Waals surface area contributed by atoms with Gasteiger partial charge in [-0.15, -0.1) is 0 Å². The maximum Gasteiger partial charge on any atom is 0.269 e. The number of carbonyl (C=O) groups is 2. The van der Waals surface area contributed by atoms with Crippen molar-refractivity contribution < 1.29 is 14.3 Å². The number of carbonyl (C=O) groups excluding carboxylic acids is 2. The number of amides is 2. The summed E-state index contributed by atoms with van der Waals surface area (Å²) < 4.78 is 4.92. The van der Waals surface area contributed by atoms with Crippen LogP contribution in [0.25, 0.3) is 0 Å². The van der Waals surface area contributed by atoms with Crippen molar-refractivity contribution in [3.05, 3.63) is 29.6 Å². The Morgan fingerprint density at radius 3 is 2.64 bits per heavy atom. The second-order valence-corrected chi connectivity index (χ2v) is 5.47. The minimum atomic E-state index is -0.255. The summed E-state index contributed by atoms with van der Waals surface area (Å²) >= 11 is 0. The molecule has 0 saturated heterocycles. The molecule has 6 nitrogen and oxygen atoms in total. The Hall–Kier alpha value is -1.95. The van der Waals surface area contributed by atoms with E-state index in [-0.39, 0.29) is 17.5 Å². The largest absolute Gasteiger partial charge is 0.385 e. The predicted octanol–water partition coefficient (Wildman–Crippen LogP) is 1.62. The van der Waals surface area contributed by atoms with Crippen LogP contribution < -0.4 is 10.6 Å². The van der Waals surface area contributed by atoms with Gasteiger partial charge < -0.3 is 15.4 Å². The molecule has 1 aromatic rings. The number of pyridine rings is 1. The van der Waals surface area contributed by atoms with Crippen LogP contribution in [0.1, 0.15) is 47.5 Å². The van der Waals surface area contributed by atoms with Gasteiger partial charge in [0.2, 0.25) is 0 Å². The third-order valence-corrected chi connectivity index (χ3v) is 3.07. The molecule has 0 aromatic carbocycles. The molecule has 0 atom stereocenters. The third-order valence-electron chi connectivity index (χ3n) is 3.07. The second-order valence-electron chi connectivity index (χ2n) is 5.47. The Kier molecular flexibility index (Phi) is 8.14. The van der Waals surface area contributed by atoms with Gasteiger partial charge in [0.15, 0.2) is 0 Å². The molecule has 0 radical (unpaired) electrons. The van der Waals surface area contributed by atoms with Crippen molar-refractivity contribution in [2.24, 2.45) is 5.92 Å². The minimum Gasteiger partial charge on any atom is -0.385 e. The fraction of sp³-hybridized carbons (Fsp3) is 0.562. The second kappa shape index (κ2) is 9.89. The van der Waals surface area contributed by atoms with E-state index in [1.165, 1.54) is 12.3 Å². The molecule has 0 unspecified atom stereocenters. The molecule has 6 heteroatoms. The summed E-state index contributed by atoms with van der Waals surface area (Å²) in [6.45, 7) is 5.93. The summed E-state index contributed by atoms with van der Waals surface area (Å²) in [5, 5.41) is 5.59. The number of methoxy groups -OCH3 is 1. The van der Waals surface area contributed by atoms with E-state index < -0.39 is 0 Å². The Bertz CT molecular complexity index is 489. The average Bonchev–Trinajstić information content (AvgIpc) is 2.51. The smallest absolute Gasteiger partial charge is 0.269 e. The van der Waals surface area contributed by atoms with Crippen LogP contribution in [0.4, 0.5) is 0 Å². The Labute approximate surface area is 131 Å². The molecule has 1 rings (SSSR count). The highest BCUT2D eigenvalue weighted by Gasteiger charge is 2.11. The molecule has 22 heavy (non-hydrogen) atoms. The van der Waals surface area contributed by atoms with Crippen LogP contribution >= 0.6 is 0 Å². The van der Waals surface area contributed by atoms with E-state index >= 15 is 0 Å². The summed E-state index contributed by atoms with van der Waals surface area (Å²) in [6, 6.07) is 3.10. The number of rotatable bonds is 9. The van der Waals surface area contributed by atoms with Crippen molar-refractivity contribution in [2.75, 3.05) is 26.8 Å². The summed E-state index contributed by atoms with van der Waals surface area (Å²) in [5.74, 6) is 0.0573. The van der Waals surface area contributed by atoms with E-state index in [9.17, 15) is 9.59 Å². The van der Waals surface area contributed by atoms with Gasteiger partial charge in [-0.3, -0.25) is 14.6 Å². The Balaban J connectivity index is 2.53. The van der Waals surface area contributed by atoms with Crippen molar-refractivity contribution in [3.8, 4) is 0 Å². The first-order chi connectivity index (χ1) is 10.5. The number of nitrogens with one attached hydrogen (secondary N) is 2. The monoisotopic (exact) mass is 307 g/mol. The number of aromatic nitrogens is 1. The lowest BCUT2D eigenvalue weighted by Crippen LogP contribution is -2.28. The molecule has 2 N–H and O–H groups in total. The first-order valence-corrected chi connectivity index (χ1v) is 7.56. The molecule has 0 aliphatic rings. The molecular formula is C16H25N3O3. The zero-order valence-electron chi connectivity index (χ0n) is 13.5. The van der Waals surface area contributed by atoms with Gasteiger partial charge >= 0.3 is 0 Å². The van der Waals surface area contributed by atoms with Crippen molar-refractivity contribution in [2.45, 2.75) is 26.7 Å². The summed E-state index contributed by atoms with van der Waals surface area (Å²) in [4.78, 5) is 28.0. The Morgan fingerprint density at radius 1 is 1.23 bits per heavy atom. The number of ether oxygens (including phenoxy) is 1. The summed E-state index contributed by atoms with van der Waals surface area (Å²) in [7, 11) is 1.62. The van der Waals surface area contributed by atoms with E-state index in [1.54, 1.807) is 13.2 Å². The van der Waals surface area contributed by atoms with E-state index in [0.29, 0.717) is 31.2 Å². The summed E-state index contributed by atoms with van der Waals surface area (Å²) in [6.07, 6.45) is 3.13. The number of hydrogen-bond donors (Lipinski definition) is 2. The number of hydrogen-bond acceptors (Lipinski definition) is 4. The Morgan fingerprint density at radius 2 is 1.95 bits per heavy atom. The fourth-order valence-electron chi connectivity index (χ4n) is 1.78. The predicted molar refractivity (Wildman–Crippen MR) is 84.9 cm³/mol. The van der Waals surface area contributed by atoms with Crippen molar-refractivity contribution in [1.29, 1.82) is 0 Å². The molecule has 0 saturated carbocycles. The van der Waals surface area contributed by atoms with Gasteiger partial charge in [-0.25, -0.2) is 0 Å². The third kappa shape index (κ3) is 6.67.